The Balaban J connectivity index is 2.66. The first-order chi connectivity index (χ1) is 9.29. The monoisotopic (exact) mass is 292 g/mol. The summed E-state index contributed by atoms with van der Waals surface area (Å²) in [5, 5.41) is 9.14. The van der Waals surface area contributed by atoms with Crippen molar-refractivity contribution in [3.05, 3.63) is 42.1 Å². The van der Waals surface area contributed by atoms with E-state index in [1.165, 1.54) is 24.3 Å². The first-order valence-electron chi connectivity index (χ1n) is 5.59. The smallest absolute Gasteiger partial charge is 0.355 e. The second-order valence-corrected chi connectivity index (χ2v) is 6.25. The summed E-state index contributed by atoms with van der Waals surface area (Å²) >= 11 is 0. The predicted octanol–water partition coefficient (Wildman–Crippen LogP) is 1.43. The van der Waals surface area contributed by atoms with Crippen LogP contribution in [0.15, 0.2) is 41.3 Å². The molecule has 1 aromatic carbocycles. The lowest BCUT2D eigenvalue weighted by Gasteiger charge is -2.08. The summed E-state index contributed by atoms with van der Waals surface area (Å²) in [4.78, 5) is 15.1. The SMILES string of the molecule is CS(=O)(=O)c1cccc(-c2ccc(N)nc2C(=O)O)c1. The molecule has 0 spiro atoms. The molecule has 2 aromatic rings. The number of carbonyl (C=O) groups is 1. The second kappa shape index (κ2) is 4.93. The van der Waals surface area contributed by atoms with Gasteiger partial charge in [0.2, 0.25) is 0 Å². The summed E-state index contributed by atoms with van der Waals surface area (Å²) in [6.45, 7) is 0. The van der Waals surface area contributed by atoms with Gasteiger partial charge in [-0.3, -0.25) is 0 Å². The minimum Gasteiger partial charge on any atom is -0.476 e. The molecular weight excluding hydrogens is 280 g/mol. The van der Waals surface area contributed by atoms with Gasteiger partial charge in [0.05, 0.1) is 4.90 Å². The van der Waals surface area contributed by atoms with Gasteiger partial charge in [-0.05, 0) is 29.8 Å². The van der Waals surface area contributed by atoms with Gasteiger partial charge in [-0.15, -0.1) is 0 Å². The third-order valence-corrected chi connectivity index (χ3v) is 3.80. The molecule has 0 saturated carbocycles. The number of rotatable bonds is 3. The molecule has 0 aliphatic carbocycles. The number of hydrogen-bond donors (Lipinski definition) is 2. The minimum absolute atomic E-state index is 0.0883. The Morgan fingerprint density at radius 1 is 1.25 bits per heavy atom. The Labute approximate surface area is 115 Å². The molecule has 0 saturated heterocycles. The highest BCUT2D eigenvalue weighted by Crippen LogP contribution is 2.26. The maximum absolute atomic E-state index is 11.5. The number of pyridine rings is 1. The van der Waals surface area contributed by atoms with Gasteiger partial charge in [0.1, 0.15) is 5.82 Å². The van der Waals surface area contributed by atoms with Gasteiger partial charge in [-0.25, -0.2) is 18.2 Å². The van der Waals surface area contributed by atoms with E-state index in [4.69, 9.17) is 10.8 Å². The van der Waals surface area contributed by atoms with E-state index in [-0.39, 0.29) is 16.4 Å². The first-order valence-corrected chi connectivity index (χ1v) is 7.48. The lowest BCUT2D eigenvalue weighted by molar-refractivity contribution is 0.0691. The lowest BCUT2D eigenvalue weighted by Crippen LogP contribution is -2.06. The van der Waals surface area contributed by atoms with Crippen molar-refractivity contribution in [2.75, 3.05) is 12.0 Å². The van der Waals surface area contributed by atoms with Crippen LogP contribution in [0.4, 0.5) is 5.82 Å². The van der Waals surface area contributed by atoms with Crippen LogP contribution < -0.4 is 5.73 Å². The van der Waals surface area contributed by atoms with Crippen LogP contribution in [0, 0.1) is 0 Å². The fourth-order valence-corrected chi connectivity index (χ4v) is 2.43. The van der Waals surface area contributed by atoms with Gasteiger partial charge in [-0.1, -0.05) is 12.1 Å². The fraction of sp³-hybridized carbons (Fsp3) is 0.0769. The van der Waals surface area contributed by atoms with Crippen LogP contribution >= 0.6 is 0 Å². The molecule has 0 aliphatic rings. The van der Waals surface area contributed by atoms with Crippen molar-refractivity contribution >= 4 is 21.6 Å². The molecule has 2 rings (SSSR count). The summed E-state index contributed by atoms with van der Waals surface area (Å²) in [7, 11) is -3.37. The van der Waals surface area contributed by atoms with E-state index >= 15 is 0 Å². The summed E-state index contributed by atoms with van der Waals surface area (Å²) in [6, 6.07) is 9.00. The minimum atomic E-state index is -3.37. The van der Waals surface area contributed by atoms with Crippen LogP contribution in [0.1, 0.15) is 10.5 Å². The van der Waals surface area contributed by atoms with Crippen LogP contribution in [0.25, 0.3) is 11.1 Å². The first kappa shape index (κ1) is 14.0. The number of carboxylic acids is 1. The number of anilines is 1. The van der Waals surface area contributed by atoms with Crippen molar-refractivity contribution in [3.8, 4) is 11.1 Å². The van der Waals surface area contributed by atoms with E-state index in [1.54, 1.807) is 12.1 Å². The average molecular weight is 292 g/mol. The van der Waals surface area contributed by atoms with Crippen LogP contribution in [-0.4, -0.2) is 30.7 Å². The topological polar surface area (TPSA) is 110 Å². The molecule has 0 fully saturated rings. The van der Waals surface area contributed by atoms with Crippen LogP contribution in [0.5, 0.6) is 0 Å². The van der Waals surface area contributed by atoms with Crippen LogP contribution in [0.3, 0.4) is 0 Å². The Morgan fingerprint density at radius 2 is 1.95 bits per heavy atom. The molecule has 0 unspecified atom stereocenters. The molecular formula is C13H12N2O4S. The van der Waals surface area contributed by atoms with Crippen molar-refractivity contribution < 1.29 is 18.3 Å². The van der Waals surface area contributed by atoms with Crippen molar-refractivity contribution in [2.24, 2.45) is 0 Å². The Hall–Kier alpha value is -2.41. The number of aromatic nitrogens is 1. The maximum Gasteiger partial charge on any atom is 0.355 e. The number of carboxylic acid groups (broad SMARTS) is 1. The molecule has 0 aliphatic heterocycles. The fourth-order valence-electron chi connectivity index (χ4n) is 1.76. The number of sulfone groups is 1. The van der Waals surface area contributed by atoms with E-state index in [0.29, 0.717) is 11.1 Å². The molecule has 0 bridgehead atoms. The molecule has 6 nitrogen and oxygen atoms in total. The number of aromatic carboxylic acids is 1. The molecule has 7 heteroatoms. The summed E-state index contributed by atoms with van der Waals surface area (Å²) < 4.78 is 23.1. The summed E-state index contributed by atoms with van der Waals surface area (Å²) in [6.07, 6.45) is 1.09. The Bertz CT molecular complexity index is 785. The van der Waals surface area contributed by atoms with Crippen molar-refractivity contribution in [1.82, 2.24) is 4.98 Å². The zero-order chi connectivity index (χ0) is 14.9. The van der Waals surface area contributed by atoms with E-state index in [2.05, 4.69) is 4.98 Å². The third-order valence-electron chi connectivity index (χ3n) is 2.69. The number of hydrogen-bond acceptors (Lipinski definition) is 5. The van der Waals surface area contributed by atoms with Crippen molar-refractivity contribution in [3.63, 3.8) is 0 Å². The number of nitrogens with zero attached hydrogens (tertiary/aromatic N) is 1. The standard InChI is InChI=1S/C13H12N2O4S/c1-20(18,19)9-4-2-3-8(7-9)10-5-6-11(14)15-12(10)13(16)17/h2-7H,1H3,(H2,14,15)(H,16,17). The molecule has 3 N–H and O–H groups in total. The van der Waals surface area contributed by atoms with Gasteiger partial charge in [-0.2, -0.15) is 0 Å². The van der Waals surface area contributed by atoms with Gasteiger partial charge < -0.3 is 10.8 Å². The summed E-state index contributed by atoms with van der Waals surface area (Å²) in [5.41, 5.74) is 6.03. The van der Waals surface area contributed by atoms with Crippen LogP contribution in [-0.2, 0) is 9.84 Å². The zero-order valence-corrected chi connectivity index (χ0v) is 11.4. The maximum atomic E-state index is 11.5. The van der Waals surface area contributed by atoms with Crippen molar-refractivity contribution in [2.45, 2.75) is 4.90 Å². The highest BCUT2D eigenvalue weighted by Gasteiger charge is 2.16. The molecule has 0 atom stereocenters. The summed E-state index contributed by atoms with van der Waals surface area (Å²) in [5.74, 6) is -1.14. The Morgan fingerprint density at radius 3 is 2.55 bits per heavy atom. The van der Waals surface area contributed by atoms with E-state index < -0.39 is 15.8 Å². The predicted molar refractivity (Wildman–Crippen MR) is 74.2 cm³/mol. The van der Waals surface area contributed by atoms with Crippen molar-refractivity contribution in [1.29, 1.82) is 0 Å². The van der Waals surface area contributed by atoms with Gasteiger partial charge in [0, 0.05) is 11.8 Å². The molecule has 20 heavy (non-hydrogen) atoms. The molecule has 0 radical (unpaired) electrons. The highest BCUT2D eigenvalue weighted by atomic mass is 32.2. The number of nitrogen functional groups attached to an aromatic ring is 1. The highest BCUT2D eigenvalue weighted by molar-refractivity contribution is 7.90. The third kappa shape index (κ3) is 2.77. The lowest BCUT2D eigenvalue weighted by atomic mass is 10.0. The number of nitrogens with two attached hydrogens (primary N) is 1. The Kier molecular flexibility index (Phi) is 3.46. The van der Waals surface area contributed by atoms with Gasteiger partial charge >= 0.3 is 5.97 Å². The van der Waals surface area contributed by atoms with Gasteiger partial charge in [0.15, 0.2) is 15.5 Å². The van der Waals surface area contributed by atoms with E-state index in [9.17, 15) is 13.2 Å². The quantitative estimate of drug-likeness (QED) is 0.885. The molecule has 1 heterocycles. The van der Waals surface area contributed by atoms with Gasteiger partial charge in [0.25, 0.3) is 0 Å². The van der Waals surface area contributed by atoms with Crippen LogP contribution in [0.2, 0.25) is 0 Å². The molecule has 104 valence electrons. The van der Waals surface area contributed by atoms with E-state index in [0.717, 1.165) is 6.26 Å². The zero-order valence-electron chi connectivity index (χ0n) is 10.6. The normalized spacial score (nSPS) is 11.2. The average Bonchev–Trinajstić information content (AvgIpc) is 2.37. The largest absolute Gasteiger partial charge is 0.476 e. The molecule has 1 aromatic heterocycles. The molecule has 0 amide bonds. The number of benzene rings is 1. The second-order valence-electron chi connectivity index (χ2n) is 4.24. The van der Waals surface area contributed by atoms with E-state index in [1.807, 2.05) is 0 Å².